The summed E-state index contributed by atoms with van der Waals surface area (Å²) < 4.78 is 0. The molecule has 0 aliphatic rings. The quantitative estimate of drug-likeness (QED) is 0.662. The van der Waals surface area contributed by atoms with E-state index in [-0.39, 0.29) is 6.42 Å². The molecule has 3 heteroatoms. The molecule has 0 aliphatic carbocycles. The predicted molar refractivity (Wildman–Crippen MR) is 98.4 cm³/mol. The number of fused-ring (bicyclic) bond motifs is 1. The van der Waals surface area contributed by atoms with Crippen LogP contribution in [-0.2, 0) is 17.6 Å². The number of benzene rings is 2. The van der Waals surface area contributed by atoms with E-state index >= 15 is 0 Å². The smallest absolute Gasteiger partial charge is 0.307 e. The summed E-state index contributed by atoms with van der Waals surface area (Å²) in [6.07, 6.45) is 3.36. The van der Waals surface area contributed by atoms with E-state index in [1.807, 2.05) is 19.1 Å². The lowest BCUT2D eigenvalue weighted by atomic mass is 9.99. The molecule has 3 nitrogen and oxygen atoms in total. The van der Waals surface area contributed by atoms with Gasteiger partial charge in [-0.05, 0) is 48.6 Å². The van der Waals surface area contributed by atoms with Crippen LogP contribution in [0, 0.1) is 6.92 Å². The third kappa shape index (κ3) is 3.35. The number of carboxylic acid groups (broad SMARTS) is 1. The highest BCUT2D eigenvalue weighted by molar-refractivity contribution is 5.94. The van der Waals surface area contributed by atoms with Crippen LogP contribution < -0.4 is 0 Å². The van der Waals surface area contributed by atoms with Gasteiger partial charge < -0.3 is 10.1 Å². The number of aliphatic carboxylic acids is 1. The topological polar surface area (TPSA) is 53.1 Å². The van der Waals surface area contributed by atoms with Crippen molar-refractivity contribution in [2.24, 2.45) is 0 Å². The van der Waals surface area contributed by atoms with E-state index < -0.39 is 5.97 Å². The highest BCUT2D eigenvalue weighted by Crippen LogP contribution is 2.32. The van der Waals surface area contributed by atoms with Crippen LogP contribution in [0.15, 0.2) is 42.5 Å². The molecule has 1 heterocycles. The molecule has 1 aromatic heterocycles. The van der Waals surface area contributed by atoms with Gasteiger partial charge in [-0.3, -0.25) is 4.79 Å². The number of aryl methyl sites for hydroxylation is 2. The maximum Gasteiger partial charge on any atom is 0.307 e. The fourth-order valence-corrected chi connectivity index (χ4v) is 3.13. The van der Waals surface area contributed by atoms with Gasteiger partial charge >= 0.3 is 5.97 Å². The van der Waals surface area contributed by atoms with Crippen molar-refractivity contribution in [2.45, 2.75) is 39.5 Å². The number of carbonyl (C=O) groups is 1. The van der Waals surface area contributed by atoms with Crippen molar-refractivity contribution in [1.29, 1.82) is 0 Å². The number of rotatable bonds is 6. The molecule has 0 fully saturated rings. The Hall–Kier alpha value is -2.55. The van der Waals surface area contributed by atoms with Gasteiger partial charge in [0.05, 0.1) is 12.1 Å². The first kappa shape index (κ1) is 16.3. The number of aromatic amines is 1. The predicted octanol–water partition coefficient (Wildman–Crippen LogP) is 5.11. The second-order valence-corrected chi connectivity index (χ2v) is 6.40. The van der Waals surface area contributed by atoms with Gasteiger partial charge in [0.2, 0.25) is 0 Å². The second kappa shape index (κ2) is 6.91. The average molecular weight is 321 g/mol. The highest BCUT2D eigenvalue weighted by Gasteiger charge is 2.16. The molecule has 0 atom stereocenters. The molecule has 0 amide bonds. The van der Waals surface area contributed by atoms with Gasteiger partial charge in [-0.1, -0.05) is 49.2 Å². The molecule has 0 unspecified atom stereocenters. The van der Waals surface area contributed by atoms with Crippen LogP contribution in [0.1, 0.15) is 36.5 Å². The van der Waals surface area contributed by atoms with Crippen LogP contribution in [-0.4, -0.2) is 16.1 Å². The van der Waals surface area contributed by atoms with Crippen LogP contribution in [0.4, 0.5) is 0 Å². The fraction of sp³-hybridized carbons (Fsp3) is 0.286. The summed E-state index contributed by atoms with van der Waals surface area (Å²) in [6.45, 7) is 4.23. The number of unbranched alkanes of at least 4 members (excludes halogenated alkanes) is 1. The van der Waals surface area contributed by atoms with Crippen LogP contribution in [0.2, 0.25) is 0 Å². The molecule has 124 valence electrons. The largest absolute Gasteiger partial charge is 0.481 e. The van der Waals surface area contributed by atoms with E-state index in [0.29, 0.717) is 0 Å². The Morgan fingerprint density at radius 1 is 1.12 bits per heavy atom. The maximum atomic E-state index is 11.4. The fourth-order valence-electron chi connectivity index (χ4n) is 3.13. The molecule has 0 aliphatic heterocycles. The van der Waals surface area contributed by atoms with Crippen molar-refractivity contribution in [3.63, 3.8) is 0 Å². The van der Waals surface area contributed by atoms with Gasteiger partial charge in [0.25, 0.3) is 0 Å². The molecule has 3 aromatic rings. The summed E-state index contributed by atoms with van der Waals surface area (Å²) in [4.78, 5) is 14.8. The summed E-state index contributed by atoms with van der Waals surface area (Å²) in [5, 5.41) is 10.4. The summed E-state index contributed by atoms with van der Waals surface area (Å²) in [6, 6.07) is 14.6. The lowest BCUT2D eigenvalue weighted by Gasteiger charge is -2.04. The summed E-state index contributed by atoms with van der Waals surface area (Å²) in [5.74, 6) is -0.803. The molecule has 0 saturated carbocycles. The number of hydrogen-bond donors (Lipinski definition) is 2. The molecule has 3 rings (SSSR count). The van der Waals surface area contributed by atoms with Crippen LogP contribution in [0.5, 0.6) is 0 Å². The minimum Gasteiger partial charge on any atom is -0.481 e. The Kier molecular flexibility index (Phi) is 4.70. The molecule has 24 heavy (non-hydrogen) atoms. The number of carboxylic acids is 1. The molecule has 0 bridgehead atoms. The Balaban J connectivity index is 2.13. The molecular weight excluding hydrogens is 298 g/mol. The first-order chi connectivity index (χ1) is 11.6. The summed E-state index contributed by atoms with van der Waals surface area (Å²) >= 11 is 0. The van der Waals surface area contributed by atoms with Crippen LogP contribution >= 0.6 is 0 Å². The molecule has 2 aromatic carbocycles. The standard InChI is InChI=1S/C21H23NO2/c1-3-4-5-15-8-11-19-17(12-15)18(13-20(23)24)21(22-19)16-9-6-14(2)7-10-16/h6-12,22H,3-5,13H2,1-2H3,(H,23,24). The van der Waals surface area contributed by atoms with Gasteiger partial charge in [0.1, 0.15) is 0 Å². The van der Waals surface area contributed by atoms with Gasteiger partial charge in [0, 0.05) is 10.9 Å². The van der Waals surface area contributed by atoms with Crippen molar-refractivity contribution >= 4 is 16.9 Å². The SMILES string of the molecule is CCCCc1ccc2[nH]c(-c3ccc(C)cc3)c(CC(=O)O)c2c1. The van der Waals surface area contributed by atoms with E-state index in [4.69, 9.17) is 0 Å². The van der Waals surface area contributed by atoms with E-state index in [1.54, 1.807) is 0 Å². The third-order valence-corrected chi connectivity index (χ3v) is 4.46. The van der Waals surface area contributed by atoms with Crippen LogP contribution in [0.25, 0.3) is 22.2 Å². The van der Waals surface area contributed by atoms with E-state index in [0.717, 1.165) is 47.0 Å². The number of H-pyrrole nitrogens is 1. The van der Waals surface area contributed by atoms with Crippen molar-refractivity contribution in [1.82, 2.24) is 4.98 Å². The monoisotopic (exact) mass is 321 g/mol. The minimum absolute atomic E-state index is 0.0282. The molecule has 0 radical (unpaired) electrons. The average Bonchev–Trinajstić information content (AvgIpc) is 2.91. The second-order valence-electron chi connectivity index (χ2n) is 6.40. The minimum atomic E-state index is -0.803. The Morgan fingerprint density at radius 2 is 1.88 bits per heavy atom. The first-order valence-electron chi connectivity index (χ1n) is 8.50. The van der Waals surface area contributed by atoms with E-state index in [1.165, 1.54) is 11.1 Å². The van der Waals surface area contributed by atoms with Gasteiger partial charge in [-0.25, -0.2) is 0 Å². The zero-order chi connectivity index (χ0) is 17.1. The normalized spacial score (nSPS) is 11.1. The number of nitrogens with one attached hydrogen (secondary N) is 1. The lowest BCUT2D eigenvalue weighted by molar-refractivity contribution is -0.136. The molecule has 2 N–H and O–H groups in total. The summed E-state index contributed by atoms with van der Waals surface area (Å²) in [7, 11) is 0. The zero-order valence-electron chi connectivity index (χ0n) is 14.2. The Bertz CT molecular complexity index is 859. The number of aromatic nitrogens is 1. The first-order valence-corrected chi connectivity index (χ1v) is 8.50. The zero-order valence-corrected chi connectivity index (χ0v) is 14.2. The van der Waals surface area contributed by atoms with E-state index in [9.17, 15) is 9.90 Å². The maximum absolute atomic E-state index is 11.4. The highest BCUT2D eigenvalue weighted by atomic mass is 16.4. The Labute approximate surface area is 142 Å². The Morgan fingerprint density at radius 3 is 2.54 bits per heavy atom. The third-order valence-electron chi connectivity index (χ3n) is 4.46. The van der Waals surface area contributed by atoms with Gasteiger partial charge in [-0.2, -0.15) is 0 Å². The molecule has 0 saturated heterocycles. The van der Waals surface area contributed by atoms with Crippen molar-refractivity contribution < 1.29 is 9.90 Å². The summed E-state index contributed by atoms with van der Waals surface area (Å²) in [5.41, 5.74) is 6.28. The van der Waals surface area contributed by atoms with Gasteiger partial charge in [0.15, 0.2) is 0 Å². The van der Waals surface area contributed by atoms with Crippen molar-refractivity contribution in [3.8, 4) is 11.3 Å². The van der Waals surface area contributed by atoms with Crippen molar-refractivity contribution in [3.05, 3.63) is 59.2 Å². The van der Waals surface area contributed by atoms with Crippen molar-refractivity contribution in [2.75, 3.05) is 0 Å². The number of hydrogen-bond acceptors (Lipinski definition) is 1. The van der Waals surface area contributed by atoms with E-state index in [2.05, 4.69) is 42.2 Å². The van der Waals surface area contributed by atoms with Gasteiger partial charge in [-0.15, -0.1) is 0 Å². The van der Waals surface area contributed by atoms with Crippen LogP contribution in [0.3, 0.4) is 0 Å². The molecular formula is C21H23NO2. The lowest BCUT2D eigenvalue weighted by Crippen LogP contribution is -2.01. The molecule has 0 spiro atoms.